The van der Waals surface area contributed by atoms with Gasteiger partial charge in [-0.3, -0.25) is 0 Å². The van der Waals surface area contributed by atoms with E-state index in [2.05, 4.69) is 5.32 Å². The molecule has 0 aromatic heterocycles. The van der Waals surface area contributed by atoms with Crippen molar-refractivity contribution in [2.75, 3.05) is 6.54 Å². The fourth-order valence-electron chi connectivity index (χ4n) is 1.30. The van der Waals surface area contributed by atoms with Crippen LogP contribution in [-0.2, 0) is 6.54 Å². The first kappa shape index (κ1) is 14.6. The number of rotatable bonds is 5. The van der Waals surface area contributed by atoms with Crippen LogP contribution < -0.4 is 5.32 Å². The Hall–Kier alpha value is -0.450. The summed E-state index contributed by atoms with van der Waals surface area (Å²) < 4.78 is 35.6. The third kappa shape index (κ3) is 6.15. The second kappa shape index (κ2) is 6.47. The summed E-state index contributed by atoms with van der Waals surface area (Å²) in [6, 6.07) is 5.05. The van der Waals surface area contributed by atoms with E-state index < -0.39 is 12.6 Å². The van der Waals surface area contributed by atoms with Crippen molar-refractivity contribution in [3.05, 3.63) is 33.8 Å². The van der Waals surface area contributed by atoms with Gasteiger partial charge in [0.25, 0.3) is 0 Å². The summed E-state index contributed by atoms with van der Waals surface area (Å²) in [4.78, 5) is 0. The van der Waals surface area contributed by atoms with Gasteiger partial charge in [-0.05, 0) is 30.7 Å². The molecular weight excluding hydrogens is 274 g/mol. The summed E-state index contributed by atoms with van der Waals surface area (Å²) in [6.45, 7) is 0.742. The largest absolute Gasteiger partial charge is 0.389 e. The highest BCUT2D eigenvalue weighted by atomic mass is 35.5. The quantitative estimate of drug-likeness (QED) is 0.790. The van der Waals surface area contributed by atoms with Gasteiger partial charge in [0.15, 0.2) is 0 Å². The first-order valence-corrected chi connectivity index (χ1v) is 5.85. The van der Waals surface area contributed by atoms with E-state index >= 15 is 0 Å². The van der Waals surface area contributed by atoms with E-state index in [4.69, 9.17) is 23.2 Å². The maximum absolute atomic E-state index is 11.9. The maximum Gasteiger partial charge on any atom is 0.389 e. The van der Waals surface area contributed by atoms with Crippen molar-refractivity contribution in [2.45, 2.75) is 25.6 Å². The van der Waals surface area contributed by atoms with Crippen LogP contribution in [-0.4, -0.2) is 12.7 Å². The van der Waals surface area contributed by atoms with Gasteiger partial charge in [-0.15, -0.1) is 0 Å². The number of halogens is 5. The third-order valence-corrected chi connectivity index (χ3v) is 2.73. The lowest BCUT2D eigenvalue weighted by Crippen LogP contribution is -2.17. The van der Waals surface area contributed by atoms with Gasteiger partial charge >= 0.3 is 6.18 Å². The topological polar surface area (TPSA) is 12.0 Å². The Morgan fingerprint density at radius 2 is 1.88 bits per heavy atom. The third-order valence-electron chi connectivity index (χ3n) is 2.14. The van der Waals surface area contributed by atoms with Crippen LogP contribution >= 0.6 is 23.2 Å². The minimum Gasteiger partial charge on any atom is -0.313 e. The highest BCUT2D eigenvalue weighted by Crippen LogP contribution is 2.22. The summed E-state index contributed by atoms with van der Waals surface area (Å²) in [5.74, 6) is 0. The summed E-state index contributed by atoms with van der Waals surface area (Å²) in [7, 11) is 0. The van der Waals surface area contributed by atoms with Crippen LogP contribution in [0.1, 0.15) is 18.4 Å². The Morgan fingerprint density at radius 1 is 1.18 bits per heavy atom. The van der Waals surface area contributed by atoms with Crippen LogP contribution in [0.25, 0.3) is 0 Å². The first-order valence-electron chi connectivity index (χ1n) is 5.10. The second-order valence-electron chi connectivity index (χ2n) is 3.63. The fourth-order valence-corrected chi connectivity index (χ4v) is 1.78. The van der Waals surface area contributed by atoms with Crippen molar-refractivity contribution in [2.24, 2.45) is 0 Å². The number of hydrogen-bond acceptors (Lipinski definition) is 1. The molecule has 0 heterocycles. The van der Waals surface area contributed by atoms with E-state index in [1.54, 1.807) is 18.2 Å². The minimum atomic E-state index is -4.08. The van der Waals surface area contributed by atoms with Gasteiger partial charge in [0.05, 0.1) is 0 Å². The van der Waals surface area contributed by atoms with E-state index in [1.165, 1.54) is 0 Å². The number of benzene rings is 1. The second-order valence-corrected chi connectivity index (χ2v) is 4.47. The zero-order valence-corrected chi connectivity index (χ0v) is 10.5. The molecule has 6 heteroatoms. The average Bonchev–Trinajstić information content (AvgIpc) is 2.18. The number of hydrogen-bond donors (Lipinski definition) is 1. The molecule has 0 fully saturated rings. The van der Waals surface area contributed by atoms with Crippen molar-refractivity contribution < 1.29 is 13.2 Å². The van der Waals surface area contributed by atoms with Gasteiger partial charge in [0.2, 0.25) is 0 Å². The summed E-state index contributed by atoms with van der Waals surface area (Å²) in [5, 5.41) is 3.96. The van der Waals surface area contributed by atoms with Gasteiger partial charge in [-0.25, -0.2) is 0 Å². The summed E-state index contributed by atoms with van der Waals surface area (Å²) >= 11 is 11.6. The molecule has 1 rings (SSSR count). The molecule has 0 saturated heterocycles. The molecule has 0 saturated carbocycles. The number of alkyl halides is 3. The molecule has 0 unspecified atom stereocenters. The molecule has 1 aromatic rings. The van der Waals surface area contributed by atoms with E-state index in [0.717, 1.165) is 5.56 Å². The van der Waals surface area contributed by atoms with Gasteiger partial charge in [-0.1, -0.05) is 29.3 Å². The minimum absolute atomic E-state index is 0.0642. The summed E-state index contributed by atoms with van der Waals surface area (Å²) in [5.41, 5.74) is 0.822. The lowest BCUT2D eigenvalue weighted by atomic mass is 10.2. The normalized spacial score (nSPS) is 11.8. The molecule has 1 aromatic carbocycles. The zero-order chi connectivity index (χ0) is 12.9. The Bertz CT molecular complexity index is 366. The van der Waals surface area contributed by atoms with Crippen molar-refractivity contribution in [1.29, 1.82) is 0 Å². The predicted molar refractivity (Wildman–Crippen MR) is 63.5 cm³/mol. The predicted octanol–water partition coefficient (Wildman–Crippen LogP) is 4.43. The van der Waals surface area contributed by atoms with Crippen molar-refractivity contribution in [1.82, 2.24) is 5.32 Å². The molecule has 0 radical (unpaired) electrons. The SMILES string of the molecule is FC(F)(F)CCCNCc1ccc(Cl)cc1Cl. The van der Waals surface area contributed by atoms with Gasteiger partial charge in [0, 0.05) is 23.0 Å². The molecule has 0 amide bonds. The lowest BCUT2D eigenvalue weighted by Gasteiger charge is -2.08. The molecule has 0 aliphatic heterocycles. The molecule has 96 valence electrons. The van der Waals surface area contributed by atoms with Crippen LogP contribution in [0.2, 0.25) is 10.0 Å². The highest BCUT2D eigenvalue weighted by Gasteiger charge is 2.25. The molecular formula is C11H12Cl2F3N. The smallest absolute Gasteiger partial charge is 0.313 e. The van der Waals surface area contributed by atoms with Crippen LogP contribution in [0.5, 0.6) is 0 Å². The Morgan fingerprint density at radius 3 is 2.47 bits per heavy atom. The Labute approximate surface area is 108 Å². The lowest BCUT2D eigenvalue weighted by molar-refractivity contribution is -0.135. The standard InChI is InChI=1S/C11H12Cl2F3N/c12-9-3-2-8(10(13)6-9)7-17-5-1-4-11(14,15)16/h2-3,6,17H,1,4-5,7H2. The average molecular weight is 286 g/mol. The molecule has 17 heavy (non-hydrogen) atoms. The van der Waals surface area contributed by atoms with Crippen LogP contribution in [0.3, 0.4) is 0 Å². The van der Waals surface area contributed by atoms with Crippen LogP contribution in [0.4, 0.5) is 13.2 Å². The van der Waals surface area contributed by atoms with E-state index in [-0.39, 0.29) is 6.42 Å². The Kier molecular flexibility index (Phi) is 5.56. The van der Waals surface area contributed by atoms with Gasteiger partial charge in [-0.2, -0.15) is 13.2 Å². The molecule has 0 atom stereocenters. The van der Waals surface area contributed by atoms with Crippen molar-refractivity contribution in [3.63, 3.8) is 0 Å². The Balaban J connectivity index is 2.27. The highest BCUT2D eigenvalue weighted by molar-refractivity contribution is 6.35. The van der Waals surface area contributed by atoms with Crippen LogP contribution in [0, 0.1) is 0 Å². The molecule has 0 aliphatic carbocycles. The first-order chi connectivity index (χ1) is 7.88. The molecule has 0 aliphatic rings. The maximum atomic E-state index is 11.9. The van der Waals surface area contributed by atoms with E-state index in [9.17, 15) is 13.2 Å². The monoisotopic (exact) mass is 285 g/mol. The molecule has 0 bridgehead atoms. The molecule has 1 nitrogen and oxygen atoms in total. The molecule has 0 spiro atoms. The van der Waals surface area contributed by atoms with Gasteiger partial charge in [0.1, 0.15) is 0 Å². The number of nitrogens with one attached hydrogen (secondary N) is 1. The van der Waals surface area contributed by atoms with Crippen molar-refractivity contribution >= 4 is 23.2 Å². The molecule has 1 N–H and O–H groups in total. The fraction of sp³-hybridized carbons (Fsp3) is 0.455. The summed E-state index contributed by atoms with van der Waals surface area (Å²) in [6.07, 6.45) is -4.79. The van der Waals surface area contributed by atoms with Crippen LogP contribution in [0.15, 0.2) is 18.2 Å². The van der Waals surface area contributed by atoms with Gasteiger partial charge < -0.3 is 5.32 Å². The van der Waals surface area contributed by atoms with Crippen molar-refractivity contribution in [3.8, 4) is 0 Å². The van der Waals surface area contributed by atoms with E-state index in [1.807, 2.05) is 0 Å². The zero-order valence-electron chi connectivity index (χ0n) is 8.95. The van der Waals surface area contributed by atoms with E-state index in [0.29, 0.717) is 23.1 Å².